The third-order valence-corrected chi connectivity index (χ3v) is 4.05. The van der Waals surface area contributed by atoms with E-state index in [0.29, 0.717) is 37.7 Å². The number of carboxylic acids is 1. The smallest absolute Gasteiger partial charge is 0.317 e. The van der Waals surface area contributed by atoms with Crippen LogP contribution in [-0.2, 0) is 14.3 Å². The van der Waals surface area contributed by atoms with E-state index in [1.807, 2.05) is 12.1 Å². The number of carbonyl (C=O) groups is 2. The van der Waals surface area contributed by atoms with Gasteiger partial charge in [-0.25, -0.2) is 0 Å². The summed E-state index contributed by atoms with van der Waals surface area (Å²) in [4.78, 5) is 26.6. The molecule has 1 heterocycles. The van der Waals surface area contributed by atoms with E-state index in [1.165, 1.54) is 0 Å². The monoisotopic (exact) mass is 366 g/mol. The number of amides is 1. The Bertz CT molecular complexity index is 609. The number of hydrogen-bond donors (Lipinski definition) is 1. The van der Waals surface area contributed by atoms with Crippen LogP contribution in [0.2, 0.25) is 0 Å². The summed E-state index contributed by atoms with van der Waals surface area (Å²) < 4.78 is 16.5. The summed E-state index contributed by atoms with van der Waals surface area (Å²) in [5.74, 6) is 0.351. The molecule has 0 radical (unpaired) electrons. The number of para-hydroxylation sites is 2. The van der Waals surface area contributed by atoms with Crippen molar-refractivity contribution in [3.63, 3.8) is 0 Å². The Balaban J connectivity index is 1.77. The lowest BCUT2D eigenvalue weighted by Crippen LogP contribution is -2.49. The van der Waals surface area contributed by atoms with Crippen molar-refractivity contribution in [1.82, 2.24) is 9.80 Å². The fraction of sp³-hybridized carbons (Fsp3) is 0.556. The van der Waals surface area contributed by atoms with Crippen molar-refractivity contribution in [2.24, 2.45) is 0 Å². The molecule has 1 saturated heterocycles. The van der Waals surface area contributed by atoms with Gasteiger partial charge in [0.2, 0.25) is 5.91 Å². The van der Waals surface area contributed by atoms with E-state index < -0.39 is 5.97 Å². The molecular weight excluding hydrogens is 340 g/mol. The quantitative estimate of drug-likeness (QED) is 0.688. The number of methoxy groups -OCH3 is 1. The minimum atomic E-state index is -0.885. The van der Waals surface area contributed by atoms with Crippen molar-refractivity contribution in [1.29, 1.82) is 0 Å². The highest BCUT2D eigenvalue weighted by Gasteiger charge is 2.25. The SMILES string of the molecule is COc1ccccc1OCCC(=O)N1CCOC(CN(C)CC(=O)O)C1. The van der Waals surface area contributed by atoms with E-state index >= 15 is 0 Å². The fourth-order valence-corrected chi connectivity index (χ4v) is 2.84. The number of nitrogens with zero attached hydrogens (tertiary/aromatic N) is 2. The van der Waals surface area contributed by atoms with Crippen LogP contribution in [0.25, 0.3) is 0 Å². The second-order valence-corrected chi connectivity index (χ2v) is 6.17. The summed E-state index contributed by atoms with van der Waals surface area (Å²) in [6.07, 6.45) is 0.0719. The molecule has 0 saturated carbocycles. The number of likely N-dealkylation sites (N-methyl/N-ethyl adjacent to an activating group) is 1. The van der Waals surface area contributed by atoms with Gasteiger partial charge in [0.15, 0.2) is 11.5 Å². The molecule has 0 spiro atoms. The number of benzene rings is 1. The zero-order valence-corrected chi connectivity index (χ0v) is 15.2. The summed E-state index contributed by atoms with van der Waals surface area (Å²) in [5, 5.41) is 8.81. The molecule has 1 atom stereocenters. The summed E-state index contributed by atoms with van der Waals surface area (Å²) in [6.45, 7) is 2.11. The van der Waals surface area contributed by atoms with Crippen LogP contribution in [0.5, 0.6) is 11.5 Å². The normalized spacial score (nSPS) is 17.2. The zero-order valence-electron chi connectivity index (χ0n) is 15.2. The molecular formula is C18H26N2O6. The fourth-order valence-electron chi connectivity index (χ4n) is 2.84. The van der Waals surface area contributed by atoms with Crippen LogP contribution < -0.4 is 9.47 Å². The van der Waals surface area contributed by atoms with E-state index in [4.69, 9.17) is 19.3 Å². The van der Waals surface area contributed by atoms with E-state index in [1.54, 1.807) is 36.1 Å². The second kappa shape index (κ2) is 9.98. The number of ether oxygens (including phenoxy) is 3. The van der Waals surface area contributed by atoms with E-state index in [2.05, 4.69) is 0 Å². The van der Waals surface area contributed by atoms with Crippen molar-refractivity contribution in [3.8, 4) is 11.5 Å². The first-order chi connectivity index (χ1) is 12.5. The first kappa shape index (κ1) is 20.0. The maximum absolute atomic E-state index is 12.4. The van der Waals surface area contributed by atoms with Gasteiger partial charge in [-0.1, -0.05) is 12.1 Å². The predicted molar refractivity (Wildman–Crippen MR) is 94.6 cm³/mol. The molecule has 1 aliphatic rings. The number of morpholine rings is 1. The Morgan fingerprint density at radius 2 is 2.08 bits per heavy atom. The summed E-state index contributed by atoms with van der Waals surface area (Å²) in [6, 6.07) is 7.30. The lowest BCUT2D eigenvalue weighted by atomic mass is 10.2. The highest BCUT2D eigenvalue weighted by Crippen LogP contribution is 2.25. The molecule has 1 amide bonds. The third-order valence-electron chi connectivity index (χ3n) is 4.05. The Kier molecular flexibility index (Phi) is 7.68. The Labute approximate surface area is 153 Å². The van der Waals surface area contributed by atoms with E-state index in [-0.39, 0.29) is 31.6 Å². The first-order valence-electron chi connectivity index (χ1n) is 8.55. The Morgan fingerprint density at radius 3 is 2.77 bits per heavy atom. The second-order valence-electron chi connectivity index (χ2n) is 6.17. The molecule has 1 aromatic rings. The van der Waals surface area contributed by atoms with Crippen LogP contribution >= 0.6 is 0 Å². The number of carboxylic acid groups (broad SMARTS) is 1. The zero-order chi connectivity index (χ0) is 18.9. The highest BCUT2D eigenvalue weighted by atomic mass is 16.5. The van der Waals surface area contributed by atoms with Gasteiger partial charge >= 0.3 is 5.97 Å². The molecule has 0 aromatic heterocycles. The number of aliphatic carboxylic acids is 1. The van der Waals surface area contributed by atoms with Gasteiger partial charge in [-0.05, 0) is 19.2 Å². The number of carbonyl (C=O) groups excluding carboxylic acids is 1. The van der Waals surface area contributed by atoms with Crippen LogP contribution in [-0.4, -0.2) is 86.4 Å². The molecule has 26 heavy (non-hydrogen) atoms. The Morgan fingerprint density at radius 1 is 1.35 bits per heavy atom. The molecule has 0 aliphatic carbocycles. The minimum absolute atomic E-state index is 0.00548. The molecule has 1 aliphatic heterocycles. The average molecular weight is 366 g/mol. The molecule has 1 N–H and O–H groups in total. The maximum atomic E-state index is 12.4. The van der Waals surface area contributed by atoms with Gasteiger partial charge in [-0.15, -0.1) is 0 Å². The van der Waals surface area contributed by atoms with E-state index in [0.717, 1.165) is 0 Å². The lowest BCUT2D eigenvalue weighted by molar-refractivity contribution is -0.142. The van der Waals surface area contributed by atoms with Gasteiger partial charge < -0.3 is 24.2 Å². The van der Waals surface area contributed by atoms with Gasteiger partial charge in [-0.3, -0.25) is 14.5 Å². The van der Waals surface area contributed by atoms with Gasteiger partial charge in [-0.2, -0.15) is 0 Å². The molecule has 144 valence electrons. The van der Waals surface area contributed by atoms with Crippen molar-refractivity contribution >= 4 is 11.9 Å². The number of rotatable bonds is 9. The molecule has 0 bridgehead atoms. The molecule has 1 fully saturated rings. The molecule has 1 unspecified atom stereocenters. The highest BCUT2D eigenvalue weighted by molar-refractivity contribution is 5.76. The van der Waals surface area contributed by atoms with Crippen LogP contribution in [0.3, 0.4) is 0 Å². The summed E-state index contributed by atoms with van der Waals surface area (Å²) in [5.41, 5.74) is 0. The first-order valence-corrected chi connectivity index (χ1v) is 8.55. The number of hydrogen-bond acceptors (Lipinski definition) is 6. The van der Waals surface area contributed by atoms with Crippen LogP contribution in [0.1, 0.15) is 6.42 Å². The Hall–Kier alpha value is -2.32. The predicted octanol–water partition coefficient (Wildman–Crippen LogP) is 0.708. The van der Waals surface area contributed by atoms with Crippen LogP contribution in [0, 0.1) is 0 Å². The summed E-state index contributed by atoms with van der Waals surface area (Å²) >= 11 is 0. The van der Waals surface area contributed by atoms with Crippen molar-refractivity contribution in [2.45, 2.75) is 12.5 Å². The van der Waals surface area contributed by atoms with Crippen LogP contribution in [0.15, 0.2) is 24.3 Å². The van der Waals surface area contributed by atoms with Gasteiger partial charge in [0.05, 0.1) is 39.4 Å². The summed E-state index contributed by atoms with van der Waals surface area (Å²) in [7, 11) is 3.29. The molecule has 2 rings (SSSR count). The maximum Gasteiger partial charge on any atom is 0.317 e. The van der Waals surface area contributed by atoms with Crippen molar-refractivity contribution in [3.05, 3.63) is 24.3 Å². The molecule has 8 heteroatoms. The standard InChI is InChI=1S/C18H26N2O6/c1-19(13-18(22)23)11-14-12-20(8-10-25-14)17(21)7-9-26-16-6-4-3-5-15(16)24-2/h3-6,14H,7-13H2,1-2H3,(H,22,23). The van der Waals surface area contributed by atoms with Crippen molar-refractivity contribution < 1.29 is 28.9 Å². The molecule has 1 aromatic carbocycles. The molecule has 8 nitrogen and oxygen atoms in total. The average Bonchev–Trinajstić information content (AvgIpc) is 2.61. The van der Waals surface area contributed by atoms with Gasteiger partial charge in [0.1, 0.15) is 0 Å². The lowest BCUT2D eigenvalue weighted by Gasteiger charge is -2.34. The van der Waals surface area contributed by atoms with Crippen LogP contribution in [0.4, 0.5) is 0 Å². The van der Waals surface area contributed by atoms with Crippen molar-refractivity contribution in [2.75, 3.05) is 53.6 Å². The van der Waals surface area contributed by atoms with E-state index in [9.17, 15) is 9.59 Å². The van der Waals surface area contributed by atoms with Gasteiger partial charge in [0.25, 0.3) is 0 Å². The largest absolute Gasteiger partial charge is 0.493 e. The topological polar surface area (TPSA) is 88.5 Å². The van der Waals surface area contributed by atoms with Gasteiger partial charge in [0, 0.05) is 19.6 Å². The third kappa shape index (κ3) is 6.20. The minimum Gasteiger partial charge on any atom is -0.493 e.